The Labute approximate surface area is 119 Å². The van der Waals surface area contributed by atoms with Gasteiger partial charge in [0.15, 0.2) is 0 Å². The van der Waals surface area contributed by atoms with E-state index >= 15 is 0 Å². The smallest absolute Gasteiger partial charge is 0.240 e. The zero-order chi connectivity index (χ0) is 15.0. The summed E-state index contributed by atoms with van der Waals surface area (Å²) in [5.41, 5.74) is 0.845. The van der Waals surface area contributed by atoms with Gasteiger partial charge in [-0.3, -0.25) is 9.59 Å². The molecule has 20 heavy (non-hydrogen) atoms. The molecule has 106 valence electrons. The van der Waals surface area contributed by atoms with Crippen molar-refractivity contribution in [3.63, 3.8) is 0 Å². The van der Waals surface area contributed by atoms with Crippen molar-refractivity contribution in [1.29, 1.82) is 5.26 Å². The van der Waals surface area contributed by atoms with Crippen molar-refractivity contribution < 1.29 is 9.59 Å². The maximum Gasteiger partial charge on any atom is 0.240 e. The maximum absolute atomic E-state index is 11.8. The zero-order valence-electron chi connectivity index (χ0n) is 11.8. The summed E-state index contributed by atoms with van der Waals surface area (Å²) in [6, 6.07) is 8.78. The van der Waals surface area contributed by atoms with E-state index in [1.807, 2.05) is 13.0 Å². The van der Waals surface area contributed by atoms with Gasteiger partial charge in [-0.2, -0.15) is 5.26 Å². The number of rotatable bonds is 6. The van der Waals surface area contributed by atoms with Crippen molar-refractivity contribution in [2.75, 3.05) is 18.0 Å². The first-order valence-electron chi connectivity index (χ1n) is 6.64. The average Bonchev–Trinajstić information content (AvgIpc) is 2.44. The first kappa shape index (κ1) is 15.7. The molecule has 0 aliphatic heterocycles. The van der Waals surface area contributed by atoms with E-state index in [1.165, 1.54) is 11.8 Å². The monoisotopic (exact) mass is 273 g/mol. The van der Waals surface area contributed by atoms with Gasteiger partial charge in [0, 0.05) is 13.5 Å². The quantitative estimate of drug-likeness (QED) is 0.804. The Balaban J connectivity index is 2.83. The van der Waals surface area contributed by atoms with Gasteiger partial charge in [-0.15, -0.1) is 0 Å². The van der Waals surface area contributed by atoms with Gasteiger partial charge < -0.3 is 10.2 Å². The molecule has 0 saturated carbocycles. The van der Waals surface area contributed by atoms with E-state index in [9.17, 15) is 9.59 Å². The van der Waals surface area contributed by atoms with Gasteiger partial charge in [0.05, 0.1) is 11.3 Å². The predicted molar refractivity (Wildman–Crippen MR) is 77.1 cm³/mol. The molecule has 0 bridgehead atoms. The van der Waals surface area contributed by atoms with Crippen molar-refractivity contribution in [3.05, 3.63) is 29.8 Å². The Kier molecular flexibility index (Phi) is 6.24. The third-order valence-corrected chi connectivity index (χ3v) is 2.85. The number of hydrogen-bond acceptors (Lipinski definition) is 3. The molecule has 0 atom stereocenters. The largest absolute Gasteiger partial charge is 0.355 e. The molecular formula is C15H19N3O2. The lowest BCUT2D eigenvalue weighted by molar-refractivity contribution is -0.123. The molecule has 0 aliphatic rings. The van der Waals surface area contributed by atoms with Crippen molar-refractivity contribution >= 4 is 17.5 Å². The third-order valence-electron chi connectivity index (χ3n) is 2.85. The fourth-order valence-corrected chi connectivity index (χ4v) is 1.77. The highest BCUT2D eigenvalue weighted by molar-refractivity contribution is 5.98. The Morgan fingerprint density at radius 1 is 1.35 bits per heavy atom. The number of hydrogen-bond donors (Lipinski definition) is 1. The van der Waals surface area contributed by atoms with Crippen LogP contribution in [-0.2, 0) is 9.59 Å². The summed E-state index contributed by atoms with van der Waals surface area (Å²) in [6.07, 6.45) is 1.90. The number of carbonyl (C=O) groups is 2. The van der Waals surface area contributed by atoms with Gasteiger partial charge in [0.2, 0.25) is 11.8 Å². The number of carbonyl (C=O) groups excluding carboxylic acids is 2. The molecule has 0 aliphatic carbocycles. The molecule has 0 heterocycles. The highest BCUT2D eigenvalue weighted by Gasteiger charge is 2.18. The number of nitrogens with one attached hydrogen (secondary N) is 1. The molecule has 1 N–H and O–H groups in total. The molecule has 0 spiro atoms. The van der Waals surface area contributed by atoms with Gasteiger partial charge in [0.1, 0.15) is 12.6 Å². The molecule has 0 unspecified atom stereocenters. The molecule has 1 aromatic carbocycles. The van der Waals surface area contributed by atoms with Crippen molar-refractivity contribution in [3.8, 4) is 6.07 Å². The minimum Gasteiger partial charge on any atom is -0.355 e. The number of unbranched alkanes of at least 4 members (excludes halogenated alkanes) is 1. The molecule has 0 aromatic heterocycles. The van der Waals surface area contributed by atoms with Gasteiger partial charge in [0.25, 0.3) is 0 Å². The lowest BCUT2D eigenvalue weighted by atomic mass is 10.1. The number of nitriles is 1. The molecule has 0 fully saturated rings. The summed E-state index contributed by atoms with van der Waals surface area (Å²) in [4.78, 5) is 24.9. The Morgan fingerprint density at radius 3 is 2.65 bits per heavy atom. The van der Waals surface area contributed by atoms with E-state index in [4.69, 9.17) is 5.26 Å². The van der Waals surface area contributed by atoms with Crippen LogP contribution in [0.4, 0.5) is 5.69 Å². The fourth-order valence-electron chi connectivity index (χ4n) is 1.77. The van der Waals surface area contributed by atoms with Crippen molar-refractivity contribution in [1.82, 2.24) is 5.32 Å². The van der Waals surface area contributed by atoms with Gasteiger partial charge in [-0.25, -0.2) is 0 Å². The number of nitrogens with zero attached hydrogens (tertiary/aromatic N) is 2. The fraction of sp³-hybridized carbons (Fsp3) is 0.400. The van der Waals surface area contributed by atoms with Crippen LogP contribution in [0.3, 0.4) is 0 Å². The van der Waals surface area contributed by atoms with E-state index < -0.39 is 0 Å². The van der Waals surface area contributed by atoms with Crippen LogP contribution in [0.5, 0.6) is 0 Å². The summed E-state index contributed by atoms with van der Waals surface area (Å²) >= 11 is 0. The standard InChI is InChI=1S/C15H19N3O2/c1-3-4-9-17-15(20)11-18(12(2)19)14-8-6-5-7-13(14)10-16/h5-8H,3-4,9,11H2,1-2H3,(H,17,20). The normalized spacial score (nSPS) is 9.65. The molecule has 0 radical (unpaired) electrons. The molecule has 1 rings (SSSR count). The van der Waals surface area contributed by atoms with Gasteiger partial charge >= 0.3 is 0 Å². The lowest BCUT2D eigenvalue weighted by Crippen LogP contribution is -2.40. The zero-order valence-corrected chi connectivity index (χ0v) is 11.8. The summed E-state index contributed by atoms with van der Waals surface area (Å²) in [5, 5.41) is 11.8. The van der Waals surface area contributed by atoms with Crippen LogP contribution >= 0.6 is 0 Å². The summed E-state index contributed by atoms with van der Waals surface area (Å²) in [6.45, 7) is 3.95. The third kappa shape index (κ3) is 4.39. The number of para-hydroxylation sites is 1. The van der Waals surface area contributed by atoms with Crippen LogP contribution in [0.1, 0.15) is 32.3 Å². The van der Waals surface area contributed by atoms with Crippen molar-refractivity contribution in [2.45, 2.75) is 26.7 Å². The van der Waals surface area contributed by atoms with Crippen LogP contribution in [-0.4, -0.2) is 24.9 Å². The highest BCUT2D eigenvalue weighted by atomic mass is 16.2. The minimum absolute atomic E-state index is 0.0717. The molecular weight excluding hydrogens is 254 g/mol. The minimum atomic E-state index is -0.265. The van der Waals surface area contributed by atoms with Crippen LogP contribution in [0.25, 0.3) is 0 Å². The first-order chi connectivity index (χ1) is 9.60. The van der Waals surface area contributed by atoms with Gasteiger partial charge in [-0.05, 0) is 18.6 Å². The van der Waals surface area contributed by atoms with E-state index in [-0.39, 0.29) is 18.4 Å². The Bertz CT molecular complexity index is 520. The van der Waals surface area contributed by atoms with Crippen molar-refractivity contribution in [2.24, 2.45) is 0 Å². The van der Waals surface area contributed by atoms with E-state index in [0.717, 1.165) is 12.8 Å². The van der Waals surface area contributed by atoms with Crippen LogP contribution in [0.15, 0.2) is 24.3 Å². The second kappa shape index (κ2) is 7.95. The van der Waals surface area contributed by atoms with E-state index in [1.54, 1.807) is 24.3 Å². The van der Waals surface area contributed by atoms with E-state index in [2.05, 4.69) is 5.32 Å². The predicted octanol–water partition coefficient (Wildman–Crippen LogP) is 1.83. The second-order valence-corrected chi connectivity index (χ2v) is 4.44. The van der Waals surface area contributed by atoms with Crippen LogP contribution in [0.2, 0.25) is 0 Å². The SMILES string of the molecule is CCCCNC(=O)CN(C(C)=O)c1ccccc1C#N. The van der Waals surface area contributed by atoms with Gasteiger partial charge in [-0.1, -0.05) is 25.5 Å². The summed E-state index contributed by atoms with van der Waals surface area (Å²) in [5.74, 6) is -0.486. The Morgan fingerprint density at radius 2 is 2.05 bits per heavy atom. The molecule has 0 saturated heterocycles. The maximum atomic E-state index is 11.8. The molecule has 1 aromatic rings. The number of anilines is 1. The van der Waals surface area contributed by atoms with Crippen LogP contribution in [0, 0.1) is 11.3 Å². The number of benzene rings is 1. The molecule has 5 nitrogen and oxygen atoms in total. The summed E-state index contributed by atoms with van der Waals surface area (Å²) in [7, 11) is 0. The number of amides is 2. The topological polar surface area (TPSA) is 73.2 Å². The molecule has 5 heteroatoms. The average molecular weight is 273 g/mol. The first-order valence-corrected chi connectivity index (χ1v) is 6.64. The van der Waals surface area contributed by atoms with Crippen LogP contribution < -0.4 is 10.2 Å². The second-order valence-electron chi connectivity index (χ2n) is 4.44. The summed E-state index contributed by atoms with van der Waals surface area (Å²) < 4.78 is 0. The Hall–Kier alpha value is -2.35. The lowest BCUT2D eigenvalue weighted by Gasteiger charge is -2.21. The highest BCUT2D eigenvalue weighted by Crippen LogP contribution is 2.19. The van der Waals surface area contributed by atoms with E-state index in [0.29, 0.717) is 17.8 Å². The molecule has 2 amide bonds.